The second kappa shape index (κ2) is 10.7. The van der Waals surface area contributed by atoms with E-state index in [2.05, 4.69) is 22.8 Å². The van der Waals surface area contributed by atoms with Crippen LogP contribution in [0.15, 0.2) is 48.5 Å². The van der Waals surface area contributed by atoms with Crippen molar-refractivity contribution < 1.29 is 24.2 Å². The predicted octanol–water partition coefficient (Wildman–Crippen LogP) is 4.70. The zero-order valence-corrected chi connectivity index (χ0v) is 20.3. The van der Waals surface area contributed by atoms with Gasteiger partial charge in [-0.2, -0.15) is 0 Å². The number of carboxylic acid groups (broad SMARTS) is 1. The predicted molar refractivity (Wildman–Crippen MR) is 131 cm³/mol. The Morgan fingerprint density at radius 2 is 1.59 bits per heavy atom. The lowest BCUT2D eigenvalue weighted by Gasteiger charge is -2.32. The molecule has 0 spiro atoms. The Hall–Kier alpha value is -3.35. The van der Waals surface area contributed by atoms with E-state index in [0.29, 0.717) is 12.8 Å². The van der Waals surface area contributed by atoms with Gasteiger partial charge in [-0.15, -0.1) is 0 Å². The Morgan fingerprint density at radius 1 is 1.03 bits per heavy atom. The minimum Gasteiger partial charge on any atom is -0.481 e. The number of aliphatic carboxylic acids is 1. The van der Waals surface area contributed by atoms with E-state index in [1.807, 2.05) is 57.2 Å². The third-order valence-corrected chi connectivity index (χ3v) is 6.49. The first-order valence-corrected chi connectivity index (χ1v) is 11.8. The first kappa shape index (κ1) is 25.3. The maximum atomic E-state index is 13.1. The van der Waals surface area contributed by atoms with Crippen LogP contribution in [0.5, 0.6) is 0 Å². The quantitative estimate of drug-likeness (QED) is 0.471. The van der Waals surface area contributed by atoms with Crippen LogP contribution in [0.2, 0.25) is 0 Å². The van der Waals surface area contributed by atoms with E-state index in [0.717, 1.165) is 22.3 Å². The molecule has 2 amide bonds. The fourth-order valence-corrected chi connectivity index (χ4v) is 4.56. The van der Waals surface area contributed by atoms with E-state index in [1.54, 1.807) is 6.92 Å². The number of carboxylic acids is 1. The molecule has 3 N–H and O–H groups in total. The van der Waals surface area contributed by atoms with Gasteiger partial charge >= 0.3 is 12.1 Å². The monoisotopic (exact) mass is 466 g/mol. The summed E-state index contributed by atoms with van der Waals surface area (Å²) in [7, 11) is 0. The molecular weight excluding hydrogens is 432 g/mol. The summed E-state index contributed by atoms with van der Waals surface area (Å²) in [5, 5.41) is 14.7. The summed E-state index contributed by atoms with van der Waals surface area (Å²) in [6.45, 7) is 7.42. The molecular formula is C27H34N2O5. The fourth-order valence-electron chi connectivity index (χ4n) is 4.56. The van der Waals surface area contributed by atoms with Crippen molar-refractivity contribution in [1.82, 2.24) is 10.6 Å². The van der Waals surface area contributed by atoms with Gasteiger partial charge in [-0.05, 0) is 41.5 Å². The van der Waals surface area contributed by atoms with Crippen molar-refractivity contribution in [3.05, 3.63) is 59.7 Å². The van der Waals surface area contributed by atoms with Crippen LogP contribution >= 0.6 is 0 Å². The van der Waals surface area contributed by atoms with Crippen LogP contribution in [0.25, 0.3) is 11.1 Å². The van der Waals surface area contributed by atoms with Crippen LogP contribution < -0.4 is 10.6 Å². The van der Waals surface area contributed by atoms with Crippen molar-refractivity contribution in [3.8, 4) is 11.1 Å². The van der Waals surface area contributed by atoms with Gasteiger partial charge in [-0.3, -0.25) is 9.59 Å². The van der Waals surface area contributed by atoms with Crippen LogP contribution in [0.4, 0.5) is 4.79 Å². The van der Waals surface area contributed by atoms with Crippen LogP contribution in [0.1, 0.15) is 64.0 Å². The molecule has 0 fully saturated rings. The molecule has 2 aromatic rings. The molecule has 2 aromatic carbocycles. The van der Waals surface area contributed by atoms with Crippen molar-refractivity contribution in [2.45, 2.75) is 64.5 Å². The summed E-state index contributed by atoms with van der Waals surface area (Å²) in [6, 6.07) is 15.6. The Labute approximate surface area is 200 Å². The molecule has 0 bridgehead atoms. The number of hydrogen-bond donors (Lipinski definition) is 3. The second-order valence-electron chi connectivity index (χ2n) is 9.45. The van der Waals surface area contributed by atoms with E-state index in [4.69, 9.17) is 9.84 Å². The third kappa shape index (κ3) is 5.58. The first-order chi connectivity index (χ1) is 16.2. The molecule has 0 radical (unpaired) electrons. The molecule has 7 heteroatoms. The number of amides is 2. The Morgan fingerprint density at radius 3 is 2.09 bits per heavy atom. The first-order valence-electron chi connectivity index (χ1n) is 11.8. The van der Waals surface area contributed by atoms with Crippen molar-refractivity contribution in [2.24, 2.45) is 5.92 Å². The van der Waals surface area contributed by atoms with Crippen molar-refractivity contribution in [1.29, 1.82) is 0 Å². The van der Waals surface area contributed by atoms with Crippen molar-refractivity contribution in [3.63, 3.8) is 0 Å². The zero-order valence-electron chi connectivity index (χ0n) is 20.3. The Bertz CT molecular complexity index is 1010. The lowest BCUT2D eigenvalue weighted by molar-refractivity contribution is -0.138. The van der Waals surface area contributed by atoms with Gasteiger partial charge < -0.3 is 20.5 Å². The molecule has 0 aliphatic heterocycles. The van der Waals surface area contributed by atoms with Gasteiger partial charge in [0.1, 0.15) is 12.1 Å². The molecule has 0 heterocycles. The number of fused-ring (bicyclic) bond motifs is 3. The number of ether oxygens (including phenoxy) is 1. The molecule has 34 heavy (non-hydrogen) atoms. The summed E-state index contributed by atoms with van der Waals surface area (Å²) < 4.78 is 5.62. The lowest BCUT2D eigenvalue weighted by Crippen LogP contribution is -2.59. The van der Waals surface area contributed by atoms with E-state index in [9.17, 15) is 14.4 Å². The molecule has 0 saturated heterocycles. The van der Waals surface area contributed by atoms with Gasteiger partial charge in [0.2, 0.25) is 5.91 Å². The molecule has 0 aromatic heterocycles. The summed E-state index contributed by atoms with van der Waals surface area (Å²) in [5.74, 6) is -1.55. The number of benzene rings is 2. The third-order valence-electron chi connectivity index (χ3n) is 6.49. The van der Waals surface area contributed by atoms with E-state index >= 15 is 0 Å². The van der Waals surface area contributed by atoms with Gasteiger partial charge in [-0.1, -0.05) is 75.7 Å². The number of carbonyl (C=O) groups is 3. The summed E-state index contributed by atoms with van der Waals surface area (Å²) in [6.07, 6.45) is 0.184. The van der Waals surface area contributed by atoms with Crippen LogP contribution in [-0.4, -0.2) is 41.3 Å². The standard InChI is InChI=1S/C27H34N2O5/c1-5-14-27(4,25(32)28-23(17(2)3)15-24(30)31)29-26(33)34-16-22-20-12-8-6-10-18(20)19-11-7-9-13-21(19)22/h6-13,17,22-23H,5,14-16H2,1-4H3,(H,28,32)(H,29,33)(H,30,31). The molecule has 182 valence electrons. The number of carbonyl (C=O) groups excluding carboxylic acids is 2. The minimum atomic E-state index is -1.22. The smallest absolute Gasteiger partial charge is 0.408 e. The van der Waals surface area contributed by atoms with Crippen LogP contribution in [-0.2, 0) is 14.3 Å². The average Bonchev–Trinajstić information content (AvgIpc) is 3.10. The van der Waals surface area contributed by atoms with Gasteiger partial charge in [-0.25, -0.2) is 4.79 Å². The average molecular weight is 467 g/mol. The van der Waals surface area contributed by atoms with Gasteiger partial charge in [0.15, 0.2) is 0 Å². The van der Waals surface area contributed by atoms with Crippen LogP contribution in [0.3, 0.4) is 0 Å². The highest BCUT2D eigenvalue weighted by Gasteiger charge is 2.37. The number of rotatable bonds is 10. The Kier molecular flexibility index (Phi) is 7.97. The summed E-state index contributed by atoms with van der Waals surface area (Å²) >= 11 is 0. The fraction of sp³-hybridized carbons (Fsp3) is 0.444. The largest absolute Gasteiger partial charge is 0.481 e. The minimum absolute atomic E-state index is 0.0691. The second-order valence-corrected chi connectivity index (χ2v) is 9.45. The van der Waals surface area contributed by atoms with E-state index < -0.39 is 29.6 Å². The zero-order chi connectivity index (χ0) is 24.9. The molecule has 3 rings (SSSR count). The van der Waals surface area contributed by atoms with Crippen molar-refractivity contribution in [2.75, 3.05) is 6.61 Å². The highest BCUT2D eigenvalue weighted by Crippen LogP contribution is 2.44. The molecule has 2 unspecified atom stereocenters. The number of hydrogen-bond acceptors (Lipinski definition) is 4. The molecule has 2 atom stereocenters. The van der Waals surface area contributed by atoms with E-state index in [-0.39, 0.29) is 24.9 Å². The highest BCUT2D eigenvalue weighted by atomic mass is 16.5. The van der Waals surface area contributed by atoms with Gasteiger partial charge in [0.25, 0.3) is 0 Å². The molecule has 1 aliphatic rings. The summed E-state index contributed by atoms with van der Waals surface area (Å²) in [4.78, 5) is 37.1. The SMILES string of the molecule is CCCC(C)(NC(=O)OCC1c2ccccc2-c2ccccc21)C(=O)NC(CC(=O)O)C(C)C. The Balaban J connectivity index is 1.69. The maximum Gasteiger partial charge on any atom is 0.408 e. The maximum absolute atomic E-state index is 13.1. The lowest BCUT2D eigenvalue weighted by atomic mass is 9.93. The highest BCUT2D eigenvalue weighted by molar-refractivity contribution is 5.90. The van der Waals surface area contributed by atoms with Gasteiger partial charge in [0, 0.05) is 12.0 Å². The van der Waals surface area contributed by atoms with E-state index in [1.165, 1.54) is 0 Å². The summed E-state index contributed by atoms with van der Waals surface area (Å²) in [5.41, 5.74) is 3.28. The van der Waals surface area contributed by atoms with Crippen LogP contribution in [0, 0.1) is 5.92 Å². The van der Waals surface area contributed by atoms with Gasteiger partial charge in [0.05, 0.1) is 6.42 Å². The van der Waals surface area contributed by atoms with Crippen molar-refractivity contribution >= 4 is 18.0 Å². The number of alkyl carbamates (subject to hydrolysis) is 1. The topological polar surface area (TPSA) is 105 Å². The molecule has 7 nitrogen and oxygen atoms in total. The normalized spacial score (nSPS) is 15.1. The molecule has 0 saturated carbocycles. The molecule has 1 aliphatic carbocycles. The number of nitrogens with one attached hydrogen (secondary N) is 2.